The van der Waals surface area contributed by atoms with Crippen molar-refractivity contribution >= 4 is 0 Å². The standard InChI is InChI=1S/C18H18O3/c1-3-4-12-5-7-16(19)14(9-12)15-10-13(6-8-17(15)20)18-11(2)21-18/h3,5-11,18-20H,1,4H2,2H3. The predicted octanol–water partition coefficient (Wildman–Crippen LogP) is 3.95. The molecule has 0 aromatic heterocycles. The first kappa shape index (κ1) is 13.7. The Morgan fingerprint density at radius 3 is 2.33 bits per heavy atom. The van der Waals surface area contributed by atoms with Gasteiger partial charge in [0.15, 0.2) is 0 Å². The van der Waals surface area contributed by atoms with Gasteiger partial charge >= 0.3 is 0 Å². The van der Waals surface area contributed by atoms with E-state index in [4.69, 9.17) is 4.74 Å². The molecule has 2 atom stereocenters. The molecule has 108 valence electrons. The molecule has 1 heterocycles. The van der Waals surface area contributed by atoms with Gasteiger partial charge < -0.3 is 14.9 Å². The minimum absolute atomic E-state index is 0.0860. The van der Waals surface area contributed by atoms with Crippen LogP contribution in [0.1, 0.15) is 24.2 Å². The Bertz CT molecular complexity index is 691. The molecule has 1 aliphatic heterocycles. The fourth-order valence-electron chi connectivity index (χ4n) is 2.57. The van der Waals surface area contributed by atoms with E-state index in [0.29, 0.717) is 11.1 Å². The summed E-state index contributed by atoms with van der Waals surface area (Å²) in [5.74, 6) is 0.304. The van der Waals surface area contributed by atoms with Gasteiger partial charge in [-0.1, -0.05) is 18.2 Å². The van der Waals surface area contributed by atoms with E-state index in [1.165, 1.54) is 0 Å². The van der Waals surface area contributed by atoms with Gasteiger partial charge in [-0.15, -0.1) is 6.58 Å². The number of aromatic hydroxyl groups is 2. The average molecular weight is 282 g/mol. The van der Waals surface area contributed by atoms with Crippen LogP contribution in [-0.2, 0) is 11.2 Å². The predicted molar refractivity (Wildman–Crippen MR) is 82.4 cm³/mol. The topological polar surface area (TPSA) is 53.0 Å². The number of allylic oxidation sites excluding steroid dienone is 1. The normalized spacial score (nSPS) is 20.2. The molecule has 1 aliphatic rings. The maximum Gasteiger partial charge on any atom is 0.123 e. The highest BCUT2D eigenvalue weighted by molar-refractivity contribution is 5.76. The molecule has 0 amide bonds. The summed E-state index contributed by atoms with van der Waals surface area (Å²) >= 11 is 0. The zero-order chi connectivity index (χ0) is 15.0. The van der Waals surface area contributed by atoms with Gasteiger partial charge in [-0.2, -0.15) is 0 Å². The number of rotatable bonds is 4. The van der Waals surface area contributed by atoms with Crippen LogP contribution in [0.15, 0.2) is 49.1 Å². The Kier molecular flexibility index (Phi) is 3.43. The van der Waals surface area contributed by atoms with Gasteiger partial charge in [-0.25, -0.2) is 0 Å². The lowest BCUT2D eigenvalue weighted by Gasteiger charge is -2.10. The van der Waals surface area contributed by atoms with Crippen molar-refractivity contribution in [2.75, 3.05) is 0 Å². The number of epoxide rings is 1. The molecule has 21 heavy (non-hydrogen) atoms. The fourth-order valence-corrected chi connectivity index (χ4v) is 2.57. The molecule has 2 aromatic carbocycles. The monoisotopic (exact) mass is 282 g/mol. The molecule has 2 N–H and O–H groups in total. The smallest absolute Gasteiger partial charge is 0.123 e. The Morgan fingerprint density at radius 1 is 1.10 bits per heavy atom. The first-order chi connectivity index (χ1) is 10.1. The average Bonchev–Trinajstić information content (AvgIpc) is 3.19. The van der Waals surface area contributed by atoms with Crippen LogP contribution < -0.4 is 0 Å². The molecule has 2 aromatic rings. The van der Waals surface area contributed by atoms with Crippen LogP contribution in [0.25, 0.3) is 11.1 Å². The number of phenols is 2. The van der Waals surface area contributed by atoms with E-state index in [-0.39, 0.29) is 23.7 Å². The molecule has 0 aliphatic carbocycles. The van der Waals surface area contributed by atoms with Gasteiger partial charge in [0.2, 0.25) is 0 Å². The second kappa shape index (κ2) is 5.26. The van der Waals surface area contributed by atoms with Crippen molar-refractivity contribution in [2.45, 2.75) is 25.6 Å². The van der Waals surface area contributed by atoms with Crippen molar-refractivity contribution in [3.05, 3.63) is 60.2 Å². The minimum Gasteiger partial charge on any atom is -0.507 e. The van der Waals surface area contributed by atoms with Crippen LogP contribution >= 0.6 is 0 Å². The number of benzene rings is 2. The molecule has 3 nitrogen and oxygen atoms in total. The number of ether oxygens (including phenoxy) is 1. The van der Waals surface area contributed by atoms with E-state index < -0.39 is 0 Å². The second-order valence-electron chi connectivity index (χ2n) is 5.38. The first-order valence-corrected chi connectivity index (χ1v) is 7.01. The summed E-state index contributed by atoms with van der Waals surface area (Å²) in [6.45, 7) is 5.74. The van der Waals surface area contributed by atoms with Crippen LogP contribution in [0, 0.1) is 0 Å². The van der Waals surface area contributed by atoms with E-state index >= 15 is 0 Å². The van der Waals surface area contributed by atoms with Crippen molar-refractivity contribution in [2.24, 2.45) is 0 Å². The molecular weight excluding hydrogens is 264 g/mol. The number of hydrogen-bond acceptors (Lipinski definition) is 3. The maximum absolute atomic E-state index is 10.1. The number of hydrogen-bond donors (Lipinski definition) is 2. The highest BCUT2D eigenvalue weighted by Gasteiger charge is 2.36. The fraction of sp³-hybridized carbons (Fsp3) is 0.222. The molecule has 3 heteroatoms. The SMILES string of the molecule is C=CCc1ccc(O)c(-c2cc(C3OC3C)ccc2O)c1. The largest absolute Gasteiger partial charge is 0.507 e. The van der Waals surface area contributed by atoms with E-state index in [9.17, 15) is 10.2 Å². The highest BCUT2D eigenvalue weighted by atomic mass is 16.6. The van der Waals surface area contributed by atoms with Crippen LogP contribution in [-0.4, -0.2) is 16.3 Å². The van der Waals surface area contributed by atoms with E-state index in [1.54, 1.807) is 12.1 Å². The van der Waals surface area contributed by atoms with Crippen molar-refractivity contribution < 1.29 is 14.9 Å². The summed E-state index contributed by atoms with van der Waals surface area (Å²) < 4.78 is 5.47. The molecule has 0 radical (unpaired) electrons. The van der Waals surface area contributed by atoms with Crippen molar-refractivity contribution in [1.29, 1.82) is 0 Å². The molecule has 1 saturated heterocycles. The summed E-state index contributed by atoms with van der Waals surface area (Å²) in [7, 11) is 0. The van der Waals surface area contributed by atoms with Gasteiger partial charge in [-0.3, -0.25) is 0 Å². The zero-order valence-corrected chi connectivity index (χ0v) is 11.9. The van der Waals surface area contributed by atoms with Crippen molar-refractivity contribution in [3.8, 4) is 22.6 Å². The lowest BCUT2D eigenvalue weighted by molar-refractivity contribution is 0.383. The third-order valence-corrected chi connectivity index (χ3v) is 3.79. The molecule has 3 rings (SSSR count). The van der Waals surface area contributed by atoms with E-state index in [0.717, 1.165) is 17.5 Å². The summed E-state index contributed by atoms with van der Waals surface area (Å²) in [4.78, 5) is 0. The summed E-state index contributed by atoms with van der Waals surface area (Å²) in [5, 5.41) is 20.2. The van der Waals surface area contributed by atoms with E-state index in [2.05, 4.69) is 6.58 Å². The van der Waals surface area contributed by atoms with Gasteiger partial charge in [-0.05, 0) is 48.7 Å². The Morgan fingerprint density at radius 2 is 1.71 bits per heavy atom. The lowest BCUT2D eigenvalue weighted by Crippen LogP contribution is -1.89. The molecule has 0 bridgehead atoms. The van der Waals surface area contributed by atoms with Crippen LogP contribution in [0.5, 0.6) is 11.5 Å². The molecule has 1 fully saturated rings. The third-order valence-electron chi connectivity index (χ3n) is 3.79. The number of phenolic OH excluding ortho intramolecular Hbond substituents is 2. The summed E-state index contributed by atoms with van der Waals surface area (Å²) in [6, 6.07) is 10.8. The van der Waals surface area contributed by atoms with Crippen LogP contribution in [0.2, 0.25) is 0 Å². The third kappa shape index (κ3) is 2.65. The Hall–Kier alpha value is -2.26. The van der Waals surface area contributed by atoms with Gasteiger partial charge in [0.1, 0.15) is 17.6 Å². The summed E-state index contributed by atoms with van der Waals surface area (Å²) in [5.41, 5.74) is 3.31. The summed E-state index contributed by atoms with van der Waals surface area (Å²) in [6.07, 6.45) is 2.83. The van der Waals surface area contributed by atoms with Crippen molar-refractivity contribution in [3.63, 3.8) is 0 Å². The molecular formula is C18H18O3. The van der Waals surface area contributed by atoms with Gasteiger partial charge in [0, 0.05) is 11.1 Å². The second-order valence-corrected chi connectivity index (χ2v) is 5.38. The van der Waals surface area contributed by atoms with E-state index in [1.807, 2.05) is 37.3 Å². The Balaban J connectivity index is 2.06. The zero-order valence-electron chi connectivity index (χ0n) is 11.9. The highest BCUT2D eigenvalue weighted by Crippen LogP contribution is 2.43. The Labute approximate surface area is 124 Å². The van der Waals surface area contributed by atoms with Gasteiger partial charge in [0.05, 0.1) is 6.10 Å². The molecule has 2 unspecified atom stereocenters. The van der Waals surface area contributed by atoms with Gasteiger partial charge in [0.25, 0.3) is 0 Å². The molecule has 0 spiro atoms. The van der Waals surface area contributed by atoms with Crippen molar-refractivity contribution in [1.82, 2.24) is 0 Å². The van der Waals surface area contributed by atoms with Crippen LogP contribution in [0.4, 0.5) is 0 Å². The lowest BCUT2D eigenvalue weighted by atomic mass is 9.97. The van der Waals surface area contributed by atoms with Crippen LogP contribution in [0.3, 0.4) is 0 Å². The minimum atomic E-state index is 0.0860. The molecule has 0 saturated carbocycles. The maximum atomic E-state index is 10.1. The first-order valence-electron chi connectivity index (χ1n) is 7.01. The quantitative estimate of drug-likeness (QED) is 0.659.